The zero-order valence-electron chi connectivity index (χ0n) is 7.73. The molecule has 1 atom stereocenters. The second-order valence-electron chi connectivity index (χ2n) is 3.25. The molecule has 1 aromatic rings. The van der Waals surface area contributed by atoms with Gasteiger partial charge in [0.1, 0.15) is 5.82 Å². The van der Waals surface area contributed by atoms with Crippen molar-refractivity contribution in [2.45, 2.75) is 25.9 Å². The smallest absolute Gasteiger partial charge is 0.162 e. The molecule has 0 aromatic heterocycles. The number of benzene rings is 1. The van der Waals surface area contributed by atoms with E-state index in [0.29, 0.717) is 6.07 Å². The quantitative estimate of drug-likeness (QED) is 0.749. The number of aliphatic hydroxyl groups excluding tert-OH is 1. The summed E-state index contributed by atoms with van der Waals surface area (Å²) in [5, 5.41) is 8.93. The third-order valence-corrected chi connectivity index (χ3v) is 1.90. The number of halogens is 3. The summed E-state index contributed by atoms with van der Waals surface area (Å²) in [4.78, 5) is 0. The van der Waals surface area contributed by atoms with Gasteiger partial charge in [0.2, 0.25) is 0 Å². The summed E-state index contributed by atoms with van der Waals surface area (Å²) in [6, 6.07) is 1.45. The second-order valence-corrected chi connectivity index (χ2v) is 3.25. The number of aryl methyl sites for hydroxylation is 1. The van der Waals surface area contributed by atoms with Crippen LogP contribution in [0.25, 0.3) is 0 Å². The van der Waals surface area contributed by atoms with Crippen LogP contribution in [0, 0.1) is 17.5 Å². The van der Waals surface area contributed by atoms with Crippen LogP contribution in [0.1, 0.15) is 18.9 Å². The van der Waals surface area contributed by atoms with Crippen LogP contribution >= 0.6 is 0 Å². The summed E-state index contributed by atoms with van der Waals surface area (Å²) >= 11 is 0. The Kier molecular flexibility index (Phi) is 3.52. The molecule has 1 aromatic carbocycles. The Labute approximate surface area is 80.2 Å². The van der Waals surface area contributed by atoms with Gasteiger partial charge >= 0.3 is 0 Å². The van der Waals surface area contributed by atoms with Crippen molar-refractivity contribution in [3.8, 4) is 0 Å². The van der Waals surface area contributed by atoms with Gasteiger partial charge in [-0.3, -0.25) is 0 Å². The fourth-order valence-corrected chi connectivity index (χ4v) is 1.16. The Morgan fingerprint density at radius 2 is 1.93 bits per heavy atom. The summed E-state index contributed by atoms with van der Waals surface area (Å²) in [6.07, 6.45) is -0.210. The van der Waals surface area contributed by atoms with Gasteiger partial charge in [-0.1, -0.05) is 0 Å². The molecule has 0 bridgehead atoms. The molecule has 0 heterocycles. The van der Waals surface area contributed by atoms with Crippen molar-refractivity contribution < 1.29 is 18.3 Å². The standard InChI is InChI=1S/C10H11F3O/c1-6(14)2-3-7-4-8(11)5-9(12)10(7)13/h4-6,14H,2-3H2,1H3. The van der Waals surface area contributed by atoms with Crippen molar-refractivity contribution in [1.29, 1.82) is 0 Å². The van der Waals surface area contributed by atoms with Crippen LogP contribution in [0.2, 0.25) is 0 Å². The Morgan fingerprint density at radius 1 is 1.29 bits per heavy atom. The lowest BCUT2D eigenvalue weighted by molar-refractivity contribution is 0.184. The first kappa shape index (κ1) is 11.0. The topological polar surface area (TPSA) is 20.2 Å². The monoisotopic (exact) mass is 204 g/mol. The lowest BCUT2D eigenvalue weighted by Crippen LogP contribution is -2.04. The van der Waals surface area contributed by atoms with E-state index < -0.39 is 23.6 Å². The Balaban J connectivity index is 2.85. The lowest BCUT2D eigenvalue weighted by atomic mass is 10.1. The summed E-state index contributed by atoms with van der Waals surface area (Å²) in [7, 11) is 0. The fraction of sp³-hybridized carbons (Fsp3) is 0.400. The van der Waals surface area contributed by atoms with Gasteiger partial charge in [0.15, 0.2) is 11.6 Å². The van der Waals surface area contributed by atoms with E-state index in [2.05, 4.69) is 0 Å². The predicted octanol–water partition coefficient (Wildman–Crippen LogP) is 2.42. The summed E-state index contributed by atoms with van der Waals surface area (Å²) in [6.45, 7) is 1.54. The van der Waals surface area contributed by atoms with Crippen LogP contribution in [0.15, 0.2) is 12.1 Å². The van der Waals surface area contributed by atoms with Gasteiger partial charge in [0, 0.05) is 6.07 Å². The molecule has 4 heteroatoms. The molecule has 0 aliphatic carbocycles. The maximum absolute atomic E-state index is 13.0. The van der Waals surface area contributed by atoms with Crippen LogP contribution in [-0.4, -0.2) is 11.2 Å². The number of aliphatic hydroxyl groups is 1. The highest BCUT2D eigenvalue weighted by molar-refractivity contribution is 5.20. The molecule has 14 heavy (non-hydrogen) atoms. The number of hydrogen-bond donors (Lipinski definition) is 1. The molecule has 0 fully saturated rings. The molecule has 1 nitrogen and oxygen atoms in total. The van der Waals surface area contributed by atoms with Gasteiger partial charge in [-0.05, 0) is 31.4 Å². The average Bonchev–Trinajstić information content (AvgIpc) is 2.08. The zero-order chi connectivity index (χ0) is 10.7. The maximum atomic E-state index is 13.0. The molecule has 0 saturated carbocycles. The molecular formula is C10H11F3O. The van der Waals surface area contributed by atoms with Crippen molar-refractivity contribution in [1.82, 2.24) is 0 Å². The molecule has 0 aliphatic heterocycles. The van der Waals surface area contributed by atoms with Crippen LogP contribution in [0.4, 0.5) is 13.2 Å². The van der Waals surface area contributed by atoms with E-state index in [4.69, 9.17) is 5.11 Å². The number of rotatable bonds is 3. The molecule has 1 unspecified atom stereocenters. The van der Waals surface area contributed by atoms with Crippen LogP contribution < -0.4 is 0 Å². The van der Waals surface area contributed by atoms with Crippen LogP contribution in [-0.2, 0) is 6.42 Å². The minimum Gasteiger partial charge on any atom is -0.393 e. The molecule has 0 saturated heterocycles. The highest BCUT2D eigenvalue weighted by Crippen LogP contribution is 2.16. The molecular weight excluding hydrogens is 193 g/mol. The Morgan fingerprint density at radius 3 is 2.50 bits per heavy atom. The molecule has 0 spiro atoms. The van der Waals surface area contributed by atoms with Crippen molar-refractivity contribution in [2.75, 3.05) is 0 Å². The maximum Gasteiger partial charge on any atom is 0.162 e. The summed E-state index contributed by atoms with van der Waals surface area (Å²) < 4.78 is 38.4. The third-order valence-electron chi connectivity index (χ3n) is 1.90. The van der Waals surface area contributed by atoms with E-state index in [9.17, 15) is 13.2 Å². The first-order valence-electron chi connectivity index (χ1n) is 4.32. The highest BCUT2D eigenvalue weighted by atomic mass is 19.2. The van der Waals surface area contributed by atoms with Crippen LogP contribution in [0.3, 0.4) is 0 Å². The first-order valence-corrected chi connectivity index (χ1v) is 4.32. The molecule has 1 N–H and O–H groups in total. The Bertz CT molecular complexity index is 323. The van der Waals surface area contributed by atoms with E-state index in [1.165, 1.54) is 6.92 Å². The van der Waals surface area contributed by atoms with Gasteiger partial charge in [-0.2, -0.15) is 0 Å². The van der Waals surface area contributed by atoms with Crippen LogP contribution in [0.5, 0.6) is 0 Å². The summed E-state index contributed by atoms with van der Waals surface area (Å²) in [5.74, 6) is -3.03. The minimum atomic E-state index is -1.19. The van der Waals surface area contributed by atoms with E-state index in [1.54, 1.807) is 0 Å². The molecule has 78 valence electrons. The minimum absolute atomic E-state index is 0.0385. The molecule has 1 rings (SSSR count). The van der Waals surface area contributed by atoms with Crippen molar-refractivity contribution >= 4 is 0 Å². The molecule has 0 amide bonds. The number of hydrogen-bond acceptors (Lipinski definition) is 1. The van der Waals surface area contributed by atoms with Crippen molar-refractivity contribution in [2.24, 2.45) is 0 Å². The van der Waals surface area contributed by atoms with E-state index in [1.807, 2.05) is 0 Å². The van der Waals surface area contributed by atoms with Gasteiger partial charge in [0.25, 0.3) is 0 Å². The normalized spacial score (nSPS) is 12.9. The zero-order valence-corrected chi connectivity index (χ0v) is 7.73. The van der Waals surface area contributed by atoms with Crippen molar-refractivity contribution in [3.63, 3.8) is 0 Å². The first-order chi connectivity index (χ1) is 6.50. The molecule has 0 radical (unpaired) electrons. The second kappa shape index (κ2) is 4.46. The van der Waals surface area contributed by atoms with Gasteiger partial charge in [-0.15, -0.1) is 0 Å². The highest BCUT2D eigenvalue weighted by Gasteiger charge is 2.11. The SMILES string of the molecule is CC(O)CCc1cc(F)cc(F)c1F. The fourth-order valence-electron chi connectivity index (χ4n) is 1.16. The largest absolute Gasteiger partial charge is 0.393 e. The van der Waals surface area contributed by atoms with E-state index in [0.717, 1.165) is 6.07 Å². The third kappa shape index (κ3) is 2.73. The van der Waals surface area contributed by atoms with E-state index >= 15 is 0 Å². The van der Waals surface area contributed by atoms with Gasteiger partial charge in [-0.25, -0.2) is 13.2 Å². The lowest BCUT2D eigenvalue weighted by Gasteiger charge is -2.06. The Hall–Kier alpha value is -1.03. The molecule has 0 aliphatic rings. The predicted molar refractivity (Wildman–Crippen MR) is 46.3 cm³/mol. The average molecular weight is 204 g/mol. The van der Waals surface area contributed by atoms with Gasteiger partial charge in [0.05, 0.1) is 6.10 Å². The summed E-state index contributed by atoms with van der Waals surface area (Å²) in [5.41, 5.74) is -0.0385. The van der Waals surface area contributed by atoms with Crippen molar-refractivity contribution in [3.05, 3.63) is 35.1 Å². The van der Waals surface area contributed by atoms with E-state index in [-0.39, 0.29) is 18.4 Å². The van der Waals surface area contributed by atoms with Gasteiger partial charge < -0.3 is 5.11 Å².